The van der Waals surface area contributed by atoms with Crippen LogP contribution in [0, 0.1) is 11.3 Å². The van der Waals surface area contributed by atoms with Crippen LogP contribution >= 0.6 is 11.6 Å². The van der Waals surface area contributed by atoms with E-state index in [2.05, 4.69) is 20.7 Å². The summed E-state index contributed by atoms with van der Waals surface area (Å²) in [5, 5.41) is 23.4. The van der Waals surface area contributed by atoms with E-state index in [0.717, 1.165) is 0 Å². The summed E-state index contributed by atoms with van der Waals surface area (Å²) >= 11 is 5.84. The lowest BCUT2D eigenvalue weighted by Crippen LogP contribution is -2.24. The average Bonchev–Trinajstić information content (AvgIpc) is 2.96. The Balaban J connectivity index is 2.07. The number of anilines is 1. The third kappa shape index (κ3) is 4.64. The summed E-state index contributed by atoms with van der Waals surface area (Å²) in [7, 11) is 0. The summed E-state index contributed by atoms with van der Waals surface area (Å²) in [6.07, 6.45) is 0. The minimum Gasteiger partial charge on any atom is -0.359 e. The van der Waals surface area contributed by atoms with Crippen molar-refractivity contribution in [2.24, 2.45) is 10.2 Å². The molecule has 8 heteroatoms. The van der Waals surface area contributed by atoms with E-state index in [4.69, 9.17) is 21.4 Å². The standard InChI is InChI=1S/C16H16ClN5O2/c1-16(2,3)13-8-14(22-24-13)19-15(23)12(9-18)21-20-11-6-4-5-10(17)7-11/h4-8,12H,1-3H3,(H,19,22,23). The van der Waals surface area contributed by atoms with Crippen LogP contribution in [0.15, 0.2) is 45.1 Å². The van der Waals surface area contributed by atoms with Crippen LogP contribution in [0.3, 0.4) is 0 Å². The molecule has 2 aromatic rings. The van der Waals surface area contributed by atoms with Gasteiger partial charge in [-0.25, -0.2) is 0 Å². The lowest BCUT2D eigenvalue weighted by molar-refractivity contribution is -0.116. The molecule has 24 heavy (non-hydrogen) atoms. The SMILES string of the molecule is CC(C)(C)c1cc(NC(=O)C(C#N)N=Nc2cccc(Cl)c2)no1. The highest BCUT2D eigenvalue weighted by atomic mass is 35.5. The van der Waals surface area contributed by atoms with Gasteiger partial charge in [-0.15, -0.1) is 0 Å². The van der Waals surface area contributed by atoms with E-state index in [1.807, 2.05) is 20.8 Å². The van der Waals surface area contributed by atoms with Gasteiger partial charge in [-0.3, -0.25) is 4.79 Å². The predicted molar refractivity (Wildman–Crippen MR) is 89.2 cm³/mol. The number of halogens is 1. The number of rotatable bonds is 4. The molecule has 124 valence electrons. The maximum Gasteiger partial charge on any atom is 0.267 e. The fraction of sp³-hybridized carbons (Fsp3) is 0.312. The Morgan fingerprint density at radius 3 is 2.75 bits per heavy atom. The molecular weight excluding hydrogens is 330 g/mol. The zero-order valence-electron chi connectivity index (χ0n) is 13.4. The number of benzene rings is 1. The van der Waals surface area contributed by atoms with Gasteiger partial charge in [-0.1, -0.05) is 43.6 Å². The summed E-state index contributed by atoms with van der Waals surface area (Å²) in [4.78, 5) is 12.1. The quantitative estimate of drug-likeness (QED) is 0.836. The number of azo groups is 1. The summed E-state index contributed by atoms with van der Waals surface area (Å²) in [5.41, 5.74) is 0.212. The molecule has 0 aliphatic carbocycles. The van der Waals surface area contributed by atoms with Crippen molar-refractivity contribution < 1.29 is 9.32 Å². The van der Waals surface area contributed by atoms with Crippen LogP contribution < -0.4 is 5.32 Å². The smallest absolute Gasteiger partial charge is 0.267 e. The van der Waals surface area contributed by atoms with Crippen molar-refractivity contribution in [3.05, 3.63) is 41.1 Å². The third-order valence-corrected chi connectivity index (χ3v) is 3.20. The number of aromatic nitrogens is 1. The summed E-state index contributed by atoms with van der Waals surface area (Å²) in [5.74, 6) is 0.201. The molecule has 1 heterocycles. The van der Waals surface area contributed by atoms with E-state index in [1.165, 1.54) is 0 Å². The average molecular weight is 346 g/mol. The molecule has 1 atom stereocenters. The van der Waals surface area contributed by atoms with Crippen molar-refractivity contribution in [1.29, 1.82) is 5.26 Å². The highest BCUT2D eigenvalue weighted by molar-refractivity contribution is 6.30. The van der Waals surface area contributed by atoms with E-state index >= 15 is 0 Å². The Kier molecular flexibility index (Phi) is 5.31. The molecule has 1 aromatic carbocycles. The second kappa shape index (κ2) is 7.23. The number of amides is 1. The lowest BCUT2D eigenvalue weighted by atomic mass is 9.93. The highest BCUT2D eigenvalue weighted by Gasteiger charge is 2.22. The summed E-state index contributed by atoms with van der Waals surface area (Å²) in [6, 6.07) is 8.70. The highest BCUT2D eigenvalue weighted by Crippen LogP contribution is 2.24. The van der Waals surface area contributed by atoms with Crippen molar-refractivity contribution in [1.82, 2.24) is 5.16 Å². The van der Waals surface area contributed by atoms with Gasteiger partial charge in [0.05, 0.1) is 5.69 Å². The van der Waals surface area contributed by atoms with Gasteiger partial charge >= 0.3 is 0 Å². The van der Waals surface area contributed by atoms with Gasteiger partial charge in [-0.05, 0) is 18.2 Å². The zero-order valence-corrected chi connectivity index (χ0v) is 14.2. The predicted octanol–water partition coefficient (Wildman–Crippen LogP) is 4.24. The molecule has 0 saturated heterocycles. The van der Waals surface area contributed by atoms with E-state index in [-0.39, 0.29) is 11.2 Å². The molecule has 0 saturated carbocycles. The Bertz CT molecular complexity index is 801. The topological polar surface area (TPSA) is 104 Å². The maximum absolute atomic E-state index is 12.1. The monoisotopic (exact) mass is 345 g/mol. The lowest BCUT2D eigenvalue weighted by Gasteiger charge is -2.12. The summed E-state index contributed by atoms with van der Waals surface area (Å²) < 4.78 is 5.17. The van der Waals surface area contributed by atoms with Gasteiger partial charge in [0, 0.05) is 16.5 Å². The number of nitrogens with zero attached hydrogens (tertiary/aromatic N) is 4. The first-order chi connectivity index (χ1) is 11.3. The number of hydrogen-bond donors (Lipinski definition) is 1. The molecule has 0 fully saturated rings. The van der Waals surface area contributed by atoms with E-state index in [9.17, 15) is 4.79 Å². The number of carbonyl (C=O) groups excluding carboxylic acids is 1. The molecule has 0 radical (unpaired) electrons. The number of carbonyl (C=O) groups is 1. The van der Waals surface area contributed by atoms with Crippen LogP contribution in [0.2, 0.25) is 5.02 Å². The van der Waals surface area contributed by atoms with Crippen LogP contribution in [0.1, 0.15) is 26.5 Å². The fourth-order valence-electron chi connectivity index (χ4n) is 1.68. The number of nitriles is 1. The van der Waals surface area contributed by atoms with E-state index in [1.54, 1.807) is 36.4 Å². The van der Waals surface area contributed by atoms with E-state index < -0.39 is 11.9 Å². The molecule has 0 aliphatic heterocycles. The largest absolute Gasteiger partial charge is 0.359 e. The molecule has 0 bridgehead atoms. The third-order valence-electron chi connectivity index (χ3n) is 2.97. The Morgan fingerprint density at radius 1 is 1.42 bits per heavy atom. The van der Waals surface area contributed by atoms with Gasteiger partial charge in [0.2, 0.25) is 6.04 Å². The van der Waals surface area contributed by atoms with Gasteiger partial charge in [0.25, 0.3) is 5.91 Å². The molecule has 0 aliphatic rings. The first-order valence-corrected chi connectivity index (χ1v) is 7.51. The minimum atomic E-state index is -1.31. The molecule has 1 aromatic heterocycles. The van der Waals surface area contributed by atoms with Crippen LogP contribution in [0.25, 0.3) is 0 Å². The van der Waals surface area contributed by atoms with Crippen molar-refractivity contribution >= 4 is 29.0 Å². The Morgan fingerprint density at radius 2 is 2.17 bits per heavy atom. The van der Waals surface area contributed by atoms with Crippen molar-refractivity contribution in [2.45, 2.75) is 32.2 Å². The first kappa shape index (κ1) is 17.6. The molecule has 1 unspecified atom stereocenters. The van der Waals surface area contributed by atoms with Crippen LogP contribution in [0.5, 0.6) is 0 Å². The van der Waals surface area contributed by atoms with Crippen molar-refractivity contribution in [2.75, 3.05) is 5.32 Å². The van der Waals surface area contributed by atoms with E-state index in [0.29, 0.717) is 16.5 Å². The number of nitrogens with one attached hydrogen (secondary N) is 1. The van der Waals surface area contributed by atoms with Gasteiger partial charge in [0.1, 0.15) is 11.8 Å². The summed E-state index contributed by atoms with van der Waals surface area (Å²) in [6.45, 7) is 5.86. The molecule has 1 amide bonds. The fourth-order valence-corrected chi connectivity index (χ4v) is 1.87. The van der Waals surface area contributed by atoms with Gasteiger partial charge in [0.15, 0.2) is 5.82 Å². The molecule has 1 N–H and O–H groups in total. The Labute approximate surface area is 144 Å². The van der Waals surface area contributed by atoms with Crippen molar-refractivity contribution in [3.8, 4) is 6.07 Å². The van der Waals surface area contributed by atoms with Crippen LogP contribution in [-0.4, -0.2) is 17.1 Å². The molecule has 0 spiro atoms. The second-order valence-electron chi connectivity index (χ2n) is 6.04. The molecular formula is C16H16ClN5O2. The van der Waals surface area contributed by atoms with Crippen LogP contribution in [0.4, 0.5) is 11.5 Å². The molecule has 2 rings (SSSR count). The number of hydrogen-bond acceptors (Lipinski definition) is 6. The zero-order chi connectivity index (χ0) is 17.7. The first-order valence-electron chi connectivity index (χ1n) is 7.13. The normalized spacial score (nSPS) is 12.8. The van der Waals surface area contributed by atoms with Crippen LogP contribution in [-0.2, 0) is 10.2 Å². The second-order valence-corrected chi connectivity index (χ2v) is 6.48. The van der Waals surface area contributed by atoms with Gasteiger partial charge in [-0.2, -0.15) is 15.5 Å². The maximum atomic E-state index is 12.1. The Hall–Kier alpha value is -2.72. The van der Waals surface area contributed by atoms with Gasteiger partial charge < -0.3 is 9.84 Å². The van der Waals surface area contributed by atoms with Crippen molar-refractivity contribution in [3.63, 3.8) is 0 Å². The molecule has 7 nitrogen and oxygen atoms in total. The minimum absolute atomic E-state index is 0.225.